The number of fused-ring (bicyclic) bond motifs is 1. The number of aromatic nitrogens is 2. The summed E-state index contributed by atoms with van der Waals surface area (Å²) >= 11 is 0. The van der Waals surface area contributed by atoms with Crippen LogP contribution in [0.5, 0.6) is 0 Å². The van der Waals surface area contributed by atoms with Crippen molar-refractivity contribution in [1.29, 1.82) is 0 Å². The molecule has 4 rings (SSSR count). The lowest BCUT2D eigenvalue weighted by Gasteiger charge is -2.29. The highest BCUT2D eigenvalue weighted by Gasteiger charge is 2.30. The van der Waals surface area contributed by atoms with Gasteiger partial charge in [0.15, 0.2) is 0 Å². The van der Waals surface area contributed by atoms with Crippen LogP contribution in [0.2, 0.25) is 0 Å². The molecule has 1 aromatic carbocycles. The summed E-state index contributed by atoms with van der Waals surface area (Å²) in [5, 5.41) is 8.60. The molecule has 0 saturated carbocycles. The number of benzene rings is 1. The molecule has 1 fully saturated rings. The van der Waals surface area contributed by atoms with Crippen LogP contribution in [-0.2, 0) is 6.42 Å². The number of likely N-dealkylation sites (tertiary alicyclic amines) is 1. The molecule has 0 radical (unpaired) electrons. The van der Waals surface area contributed by atoms with Gasteiger partial charge in [-0.05, 0) is 51.4 Å². The Balaban J connectivity index is 1.79. The molecule has 4 nitrogen and oxygen atoms in total. The Hall–Kier alpha value is -1.81. The van der Waals surface area contributed by atoms with Crippen LogP contribution in [0.1, 0.15) is 35.6 Å². The fourth-order valence-electron chi connectivity index (χ4n) is 3.89. The molecule has 22 heavy (non-hydrogen) atoms. The maximum Gasteiger partial charge on any atom is 0.133 e. The van der Waals surface area contributed by atoms with E-state index in [-0.39, 0.29) is 0 Å². The van der Waals surface area contributed by atoms with Gasteiger partial charge >= 0.3 is 0 Å². The molecular formula is C18H24N4. The number of nitrogens with zero attached hydrogens (tertiary/aromatic N) is 3. The van der Waals surface area contributed by atoms with Gasteiger partial charge in [0.05, 0.1) is 11.4 Å². The Morgan fingerprint density at radius 1 is 1.27 bits per heavy atom. The van der Waals surface area contributed by atoms with Crippen molar-refractivity contribution in [3.63, 3.8) is 0 Å². The molecular weight excluding hydrogens is 272 g/mol. The summed E-state index contributed by atoms with van der Waals surface area (Å²) < 4.78 is 2.14. The molecule has 0 amide bonds. The van der Waals surface area contributed by atoms with Crippen molar-refractivity contribution < 1.29 is 0 Å². The van der Waals surface area contributed by atoms with Crippen molar-refractivity contribution in [3.8, 4) is 5.69 Å². The smallest absolute Gasteiger partial charge is 0.133 e. The number of likely N-dealkylation sites (N-methyl/N-ethyl adjacent to an activating group) is 1. The van der Waals surface area contributed by atoms with E-state index < -0.39 is 0 Å². The third-order valence-electron chi connectivity index (χ3n) is 5.04. The predicted octanol–water partition coefficient (Wildman–Crippen LogP) is 2.96. The number of aryl methyl sites for hydroxylation is 1. The first-order valence-electron chi connectivity index (χ1n) is 8.34. The monoisotopic (exact) mass is 296 g/mol. The molecule has 1 N–H and O–H groups in total. The summed E-state index contributed by atoms with van der Waals surface area (Å²) in [6.07, 6.45) is 3.65. The molecule has 0 bridgehead atoms. The minimum Gasteiger partial charge on any atom is -0.369 e. The van der Waals surface area contributed by atoms with Gasteiger partial charge in [-0.3, -0.25) is 0 Å². The number of nitrogens with one attached hydrogen (secondary N) is 1. The molecule has 3 heterocycles. The van der Waals surface area contributed by atoms with Crippen LogP contribution in [0.15, 0.2) is 24.3 Å². The second-order valence-electron chi connectivity index (χ2n) is 6.69. The lowest BCUT2D eigenvalue weighted by molar-refractivity contribution is 0.247. The van der Waals surface area contributed by atoms with Gasteiger partial charge in [0.25, 0.3) is 0 Å². The van der Waals surface area contributed by atoms with Gasteiger partial charge in [-0.15, -0.1) is 0 Å². The first-order valence-corrected chi connectivity index (χ1v) is 8.34. The van der Waals surface area contributed by atoms with Crippen LogP contribution in [0.25, 0.3) is 5.69 Å². The van der Waals surface area contributed by atoms with Crippen molar-refractivity contribution in [2.75, 3.05) is 32.0 Å². The summed E-state index contributed by atoms with van der Waals surface area (Å²) in [6.45, 7) is 5.55. The van der Waals surface area contributed by atoms with E-state index in [0.29, 0.717) is 5.92 Å². The van der Waals surface area contributed by atoms with Crippen LogP contribution in [-0.4, -0.2) is 41.4 Å². The largest absolute Gasteiger partial charge is 0.369 e. The highest BCUT2D eigenvalue weighted by atomic mass is 15.3. The van der Waals surface area contributed by atoms with Gasteiger partial charge in [0, 0.05) is 24.6 Å². The summed E-state index contributed by atoms with van der Waals surface area (Å²) in [5.74, 6) is 1.80. The average Bonchev–Trinajstić information content (AvgIpc) is 3.10. The summed E-state index contributed by atoms with van der Waals surface area (Å²) in [5.41, 5.74) is 5.25. The van der Waals surface area contributed by atoms with E-state index in [9.17, 15) is 0 Å². The highest BCUT2D eigenvalue weighted by molar-refractivity contribution is 5.59. The van der Waals surface area contributed by atoms with E-state index in [1.54, 1.807) is 0 Å². The quantitative estimate of drug-likeness (QED) is 0.925. The zero-order valence-corrected chi connectivity index (χ0v) is 13.5. The second-order valence-corrected chi connectivity index (χ2v) is 6.69. The van der Waals surface area contributed by atoms with Gasteiger partial charge in [0.2, 0.25) is 0 Å². The SMILES string of the molecule is Cc1ccccc1-n1nc(C2CCCN(C)C2)c2c1NCC2. The van der Waals surface area contributed by atoms with Crippen LogP contribution >= 0.6 is 0 Å². The molecule has 4 heteroatoms. The van der Waals surface area contributed by atoms with Crippen LogP contribution in [0.3, 0.4) is 0 Å². The molecule has 2 aliphatic heterocycles. The standard InChI is InChI=1S/C18H24N4/c1-13-6-3-4-8-16(13)22-18-15(9-10-19-18)17(20-22)14-7-5-11-21(2)12-14/h3-4,6,8,14,19H,5,7,9-12H2,1-2H3. The normalized spacial score (nSPS) is 21.6. The molecule has 1 unspecified atom stereocenters. The predicted molar refractivity (Wildman–Crippen MR) is 90.0 cm³/mol. The van der Waals surface area contributed by atoms with E-state index in [1.807, 2.05) is 0 Å². The van der Waals surface area contributed by atoms with Crippen molar-refractivity contribution in [2.45, 2.75) is 32.1 Å². The summed E-state index contributed by atoms with van der Waals surface area (Å²) in [7, 11) is 2.23. The molecule has 2 aromatic rings. The van der Waals surface area contributed by atoms with Crippen molar-refractivity contribution in [3.05, 3.63) is 41.1 Å². The van der Waals surface area contributed by atoms with Crippen molar-refractivity contribution in [1.82, 2.24) is 14.7 Å². The Labute approximate surface area is 132 Å². The highest BCUT2D eigenvalue weighted by Crippen LogP contribution is 2.36. The summed E-state index contributed by atoms with van der Waals surface area (Å²) in [4.78, 5) is 2.44. The number of piperidine rings is 1. The Morgan fingerprint density at radius 3 is 2.95 bits per heavy atom. The second kappa shape index (κ2) is 5.43. The van der Waals surface area contributed by atoms with Gasteiger partial charge in [-0.1, -0.05) is 18.2 Å². The third-order valence-corrected chi connectivity index (χ3v) is 5.04. The van der Waals surface area contributed by atoms with Gasteiger partial charge in [0.1, 0.15) is 5.82 Å². The average molecular weight is 296 g/mol. The molecule has 0 spiro atoms. The maximum absolute atomic E-state index is 5.05. The number of hydrogen-bond donors (Lipinski definition) is 1. The molecule has 2 aliphatic rings. The van der Waals surface area contributed by atoms with Crippen LogP contribution < -0.4 is 5.32 Å². The third kappa shape index (κ3) is 2.22. The van der Waals surface area contributed by atoms with E-state index in [1.165, 1.54) is 47.7 Å². The van der Waals surface area contributed by atoms with Crippen molar-refractivity contribution in [2.24, 2.45) is 0 Å². The fraction of sp³-hybridized carbons (Fsp3) is 0.500. The number of para-hydroxylation sites is 1. The topological polar surface area (TPSA) is 33.1 Å². The van der Waals surface area contributed by atoms with E-state index in [4.69, 9.17) is 5.10 Å². The van der Waals surface area contributed by atoms with Crippen molar-refractivity contribution >= 4 is 5.82 Å². The minimum atomic E-state index is 0.581. The van der Waals surface area contributed by atoms with E-state index in [0.717, 1.165) is 19.5 Å². The number of anilines is 1. The Kier molecular flexibility index (Phi) is 3.41. The first-order chi connectivity index (χ1) is 10.7. The lowest BCUT2D eigenvalue weighted by atomic mass is 9.92. The minimum absolute atomic E-state index is 0.581. The zero-order chi connectivity index (χ0) is 15.1. The molecule has 116 valence electrons. The number of hydrogen-bond acceptors (Lipinski definition) is 3. The first kappa shape index (κ1) is 13.8. The van der Waals surface area contributed by atoms with Crippen LogP contribution in [0.4, 0.5) is 5.82 Å². The molecule has 1 aromatic heterocycles. The lowest BCUT2D eigenvalue weighted by Crippen LogP contribution is -2.31. The Morgan fingerprint density at radius 2 is 2.14 bits per heavy atom. The van der Waals surface area contributed by atoms with Gasteiger partial charge in [-0.2, -0.15) is 5.10 Å². The fourth-order valence-corrected chi connectivity index (χ4v) is 3.89. The molecule has 1 atom stereocenters. The Bertz CT molecular complexity index is 688. The van der Waals surface area contributed by atoms with E-state index >= 15 is 0 Å². The number of rotatable bonds is 2. The zero-order valence-electron chi connectivity index (χ0n) is 13.5. The summed E-state index contributed by atoms with van der Waals surface area (Å²) in [6, 6.07) is 8.51. The van der Waals surface area contributed by atoms with Gasteiger partial charge in [-0.25, -0.2) is 4.68 Å². The van der Waals surface area contributed by atoms with Gasteiger partial charge < -0.3 is 10.2 Å². The molecule has 0 aliphatic carbocycles. The maximum atomic E-state index is 5.05. The van der Waals surface area contributed by atoms with E-state index in [2.05, 4.69) is 53.1 Å². The molecule has 1 saturated heterocycles. The van der Waals surface area contributed by atoms with Crippen LogP contribution in [0, 0.1) is 6.92 Å².